The van der Waals surface area contributed by atoms with Crippen LogP contribution < -0.4 is 15.5 Å². The van der Waals surface area contributed by atoms with Crippen molar-refractivity contribution in [2.24, 2.45) is 0 Å². The molecule has 13 nitrogen and oxygen atoms in total. The van der Waals surface area contributed by atoms with Gasteiger partial charge in [0.25, 0.3) is 5.91 Å². The van der Waals surface area contributed by atoms with Crippen LogP contribution in [0.25, 0.3) is 22.6 Å². The van der Waals surface area contributed by atoms with Crippen LogP contribution >= 0.6 is 0 Å². The number of hydrogen-bond acceptors (Lipinski definition) is 11. The molecule has 0 saturated carbocycles. The number of carbonyl (C=O) groups excluding carboxylic acids is 1. The van der Waals surface area contributed by atoms with E-state index in [1.165, 1.54) is 19.3 Å². The molecular weight excluding hydrogens is 533 g/mol. The van der Waals surface area contributed by atoms with Crippen molar-refractivity contribution in [3.05, 3.63) is 12.4 Å². The number of carbonyl (C=O) groups is 1. The highest BCUT2D eigenvalue weighted by molar-refractivity contribution is 5.88. The number of ether oxygens (including phenoxy) is 1. The van der Waals surface area contributed by atoms with Crippen LogP contribution in [0.15, 0.2) is 12.4 Å². The van der Waals surface area contributed by atoms with E-state index < -0.39 is 36.8 Å². The maximum Gasteiger partial charge on any atom is 0.406 e. The number of nitrogen functional groups attached to an aromatic ring is 1. The third-order valence-corrected chi connectivity index (χ3v) is 6.95. The minimum atomic E-state index is -4.57. The second-order valence-corrected chi connectivity index (χ2v) is 10.1. The maximum atomic E-state index is 14.0. The SMILES string of the molecule is CC(O)C(=O)N1[C@H](C)CN(c2nc3c(N4CCOCC4)nc(-c4cnc(N)nc4)nc3n2CC(F)(F)F)C[C@@H]1C. The largest absolute Gasteiger partial charge is 0.406 e. The van der Waals surface area contributed by atoms with Crippen molar-refractivity contribution in [2.75, 3.05) is 54.9 Å². The first-order valence-corrected chi connectivity index (χ1v) is 12.9. The van der Waals surface area contributed by atoms with Crippen LogP contribution in [0, 0.1) is 0 Å². The zero-order chi connectivity index (χ0) is 28.8. The Labute approximate surface area is 227 Å². The molecule has 3 N–H and O–H groups in total. The van der Waals surface area contributed by atoms with Gasteiger partial charge in [-0.2, -0.15) is 13.2 Å². The van der Waals surface area contributed by atoms with E-state index in [-0.39, 0.29) is 42.0 Å². The highest BCUT2D eigenvalue weighted by atomic mass is 19.4. The summed E-state index contributed by atoms with van der Waals surface area (Å²) in [4.78, 5) is 39.7. The minimum Gasteiger partial charge on any atom is -0.384 e. The Kier molecular flexibility index (Phi) is 7.39. The molecule has 0 spiro atoms. The Hall–Kier alpha value is -3.79. The third-order valence-electron chi connectivity index (χ3n) is 6.95. The maximum absolute atomic E-state index is 14.0. The molecule has 2 fully saturated rings. The Morgan fingerprint density at radius 3 is 2.30 bits per heavy atom. The molecule has 0 aliphatic carbocycles. The molecule has 40 heavy (non-hydrogen) atoms. The van der Waals surface area contributed by atoms with E-state index in [0.717, 1.165) is 4.57 Å². The summed E-state index contributed by atoms with van der Waals surface area (Å²) in [5.74, 6) is 0.201. The molecule has 2 aliphatic rings. The minimum absolute atomic E-state index is 0.0124. The van der Waals surface area contributed by atoms with Gasteiger partial charge in [0.2, 0.25) is 11.9 Å². The van der Waals surface area contributed by atoms with Gasteiger partial charge in [0.15, 0.2) is 22.8 Å². The molecule has 1 unspecified atom stereocenters. The van der Waals surface area contributed by atoms with Crippen molar-refractivity contribution in [1.29, 1.82) is 0 Å². The van der Waals surface area contributed by atoms with Gasteiger partial charge in [0.05, 0.1) is 18.8 Å². The molecular formula is C24H31F3N10O3. The fourth-order valence-electron chi connectivity index (χ4n) is 5.26. The highest BCUT2D eigenvalue weighted by Crippen LogP contribution is 2.34. The van der Waals surface area contributed by atoms with Gasteiger partial charge in [-0.3, -0.25) is 9.36 Å². The standard InChI is InChI=1S/C24H31F3N10O3/c1-13-10-35(11-14(2)37(13)21(39)15(3)38)23-31-17-19(34-4-6-40-7-5-34)32-18(16-8-29-22(28)30-9-16)33-20(17)36(23)12-24(25,26)27/h8-9,13-15,38H,4-7,10-12H2,1-3H3,(H2,28,29,30)/t13-,14+,15?. The molecule has 1 amide bonds. The van der Waals surface area contributed by atoms with Crippen LogP contribution in [-0.2, 0) is 16.1 Å². The summed E-state index contributed by atoms with van der Waals surface area (Å²) in [5, 5.41) is 9.86. The van der Waals surface area contributed by atoms with Crippen LogP contribution in [0.4, 0.5) is 30.9 Å². The summed E-state index contributed by atoms with van der Waals surface area (Å²) >= 11 is 0. The van der Waals surface area contributed by atoms with Gasteiger partial charge in [-0.15, -0.1) is 0 Å². The van der Waals surface area contributed by atoms with Crippen LogP contribution in [-0.4, -0.2) is 109 Å². The average molecular weight is 565 g/mol. The number of imidazole rings is 1. The van der Waals surface area contributed by atoms with E-state index in [1.54, 1.807) is 23.6 Å². The number of halogens is 3. The van der Waals surface area contributed by atoms with Crippen molar-refractivity contribution in [1.82, 2.24) is 34.4 Å². The second-order valence-electron chi connectivity index (χ2n) is 10.1. The van der Waals surface area contributed by atoms with Crippen LogP contribution in [0.2, 0.25) is 0 Å². The lowest BCUT2D eigenvalue weighted by molar-refractivity contribution is -0.144. The Bertz CT molecular complexity index is 1360. The third kappa shape index (κ3) is 5.45. The summed E-state index contributed by atoms with van der Waals surface area (Å²) < 4.78 is 48.4. The smallest absolute Gasteiger partial charge is 0.384 e. The molecule has 3 aromatic rings. The number of amides is 1. The quantitative estimate of drug-likeness (QED) is 0.458. The normalized spacial score (nSPS) is 21.2. The molecule has 0 radical (unpaired) electrons. The predicted molar refractivity (Wildman–Crippen MR) is 140 cm³/mol. The molecule has 0 aromatic carbocycles. The van der Waals surface area contributed by atoms with Crippen molar-refractivity contribution in [3.8, 4) is 11.4 Å². The fourth-order valence-corrected chi connectivity index (χ4v) is 5.26. The summed E-state index contributed by atoms with van der Waals surface area (Å²) in [6, 6.07) is -0.783. The van der Waals surface area contributed by atoms with E-state index in [1.807, 2.05) is 4.90 Å². The lowest BCUT2D eigenvalue weighted by Crippen LogP contribution is -2.60. The van der Waals surface area contributed by atoms with Crippen molar-refractivity contribution >= 4 is 34.8 Å². The van der Waals surface area contributed by atoms with E-state index in [0.29, 0.717) is 37.7 Å². The highest BCUT2D eigenvalue weighted by Gasteiger charge is 2.39. The zero-order valence-electron chi connectivity index (χ0n) is 22.3. The van der Waals surface area contributed by atoms with Gasteiger partial charge in [0, 0.05) is 50.7 Å². The first-order valence-electron chi connectivity index (χ1n) is 12.9. The number of aromatic nitrogens is 6. The average Bonchev–Trinajstić information content (AvgIpc) is 3.25. The van der Waals surface area contributed by atoms with E-state index in [9.17, 15) is 23.1 Å². The Morgan fingerprint density at radius 2 is 1.73 bits per heavy atom. The monoisotopic (exact) mass is 564 g/mol. The van der Waals surface area contributed by atoms with Crippen molar-refractivity contribution in [3.63, 3.8) is 0 Å². The number of fused-ring (bicyclic) bond motifs is 1. The number of aliphatic hydroxyl groups is 1. The van der Waals surface area contributed by atoms with E-state index >= 15 is 0 Å². The fraction of sp³-hybridized carbons (Fsp3) is 0.583. The Morgan fingerprint density at radius 1 is 1.10 bits per heavy atom. The summed E-state index contributed by atoms with van der Waals surface area (Å²) in [6.45, 7) is 5.87. The van der Waals surface area contributed by atoms with Gasteiger partial charge in [0.1, 0.15) is 12.6 Å². The number of alkyl halides is 3. The number of rotatable bonds is 5. The summed E-state index contributed by atoms with van der Waals surface area (Å²) in [7, 11) is 0. The predicted octanol–water partition coefficient (Wildman–Crippen LogP) is 1.07. The molecule has 5 rings (SSSR count). The van der Waals surface area contributed by atoms with Gasteiger partial charge in [-0.25, -0.2) is 24.9 Å². The van der Waals surface area contributed by atoms with Crippen LogP contribution in [0.3, 0.4) is 0 Å². The number of aliphatic hydroxyl groups excluding tert-OH is 1. The lowest BCUT2D eigenvalue weighted by atomic mass is 10.1. The van der Waals surface area contributed by atoms with Gasteiger partial charge < -0.3 is 30.3 Å². The number of morpholine rings is 1. The molecule has 3 aromatic heterocycles. The first-order chi connectivity index (χ1) is 18.9. The number of nitrogens with zero attached hydrogens (tertiary/aromatic N) is 9. The zero-order valence-corrected chi connectivity index (χ0v) is 22.3. The van der Waals surface area contributed by atoms with Crippen molar-refractivity contribution in [2.45, 2.75) is 51.7 Å². The molecule has 16 heteroatoms. The number of nitrogens with two attached hydrogens (primary N) is 1. The summed E-state index contributed by atoms with van der Waals surface area (Å²) in [5.41, 5.74) is 6.25. The Balaban J connectivity index is 1.66. The number of anilines is 3. The van der Waals surface area contributed by atoms with Crippen LogP contribution in [0.5, 0.6) is 0 Å². The van der Waals surface area contributed by atoms with E-state index in [2.05, 4.69) is 19.9 Å². The number of piperazine rings is 1. The molecule has 2 saturated heterocycles. The topological polar surface area (TPSA) is 152 Å². The lowest BCUT2D eigenvalue weighted by Gasteiger charge is -2.45. The molecule has 5 heterocycles. The molecule has 0 bridgehead atoms. The number of hydrogen-bond donors (Lipinski definition) is 2. The molecule has 216 valence electrons. The van der Waals surface area contributed by atoms with Gasteiger partial charge in [-0.05, 0) is 20.8 Å². The van der Waals surface area contributed by atoms with Crippen LogP contribution in [0.1, 0.15) is 20.8 Å². The van der Waals surface area contributed by atoms with Crippen molar-refractivity contribution < 1.29 is 27.8 Å². The van der Waals surface area contributed by atoms with Gasteiger partial charge in [-0.1, -0.05) is 0 Å². The summed E-state index contributed by atoms with van der Waals surface area (Å²) in [6.07, 6.45) is -2.93. The van der Waals surface area contributed by atoms with Gasteiger partial charge >= 0.3 is 6.18 Å². The molecule has 2 aliphatic heterocycles. The van der Waals surface area contributed by atoms with E-state index in [4.69, 9.17) is 15.5 Å². The molecule has 3 atom stereocenters. The second kappa shape index (κ2) is 10.6. The first kappa shape index (κ1) is 27.8.